The lowest BCUT2D eigenvalue weighted by molar-refractivity contribution is -0.133. The molecule has 0 unspecified atom stereocenters. The van der Waals surface area contributed by atoms with E-state index in [2.05, 4.69) is 42.6 Å². The summed E-state index contributed by atoms with van der Waals surface area (Å²) < 4.78 is 6.50. The van der Waals surface area contributed by atoms with Gasteiger partial charge in [0.25, 0.3) is 0 Å². The Morgan fingerprint density at radius 2 is 2.04 bits per heavy atom. The molecule has 2 aromatic rings. The van der Waals surface area contributed by atoms with Crippen molar-refractivity contribution < 1.29 is 9.53 Å². The quantitative estimate of drug-likeness (QED) is 0.886. The van der Waals surface area contributed by atoms with Crippen LogP contribution in [-0.4, -0.2) is 29.5 Å². The van der Waals surface area contributed by atoms with Crippen molar-refractivity contribution in [3.63, 3.8) is 0 Å². The molecule has 4 nitrogen and oxygen atoms in total. The normalized spacial score (nSPS) is 21.3. The minimum absolute atomic E-state index is 0.163. The lowest BCUT2D eigenvalue weighted by Crippen LogP contribution is -2.52. The van der Waals surface area contributed by atoms with Crippen molar-refractivity contribution in [3.05, 3.63) is 51.7 Å². The first-order chi connectivity index (χ1) is 12.5. The maximum atomic E-state index is 11.7. The molecule has 4 rings (SSSR count). The molecule has 1 fully saturated rings. The summed E-state index contributed by atoms with van der Waals surface area (Å²) in [6.45, 7) is 6.26. The molecule has 1 spiro atoms. The number of benzene rings is 1. The number of ether oxygens (including phenoxy) is 1. The molecule has 0 radical (unpaired) electrons. The second-order valence-electron chi connectivity index (χ2n) is 7.48. The summed E-state index contributed by atoms with van der Waals surface area (Å²) in [5, 5.41) is 3.76. The van der Waals surface area contributed by atoms with E-state index in [4.69, 9.17) is 4.74 Å². The van der Waals surface area contributed by atoms with Crippen LogP contribution in [0.5, 0.6) is 5.75 Å². The van der Waals surface area contributed by atoms with E-state index in [9.17, 15) is 4.79 Å². The fraction of sp³-hybridized carbons (Fsp3) is 0.476. The van der Waals surface area contributed by atoms with E-state index < -0.39 is 0 Å². The van der Waals surface area contributed by atoms with Crippen LogP contribution in [0.15, 0.2) is 36.4 Å². The number of aryl methyl sites for hydroxylation is 1. The Kier molecular flexibility index (Phi) is 4.76. The topological polar surface area (TPSA) is 41.6 Å². The van der Waals surface area contributed by atoms with E-state index in [0.717, 1.165) is 44.6 Å². The number of piperidine rings is 1. The first-order valence-corrected chi connectivity index (χ1v) is 10.2. The predicted molar refractivity (Wildman–Crippen MR) is 105 cm³/mol. The SMILES string of the molecule is CC(=O)N1CCC2(CC1)C[C@H](NCc1ccc(C)s1)c1ccccc1O2. The van der Waals surface area contributed by atoms with Crippen molar-refractivity contribution in [2.45, 2.75) is 51.3 Å². The third-order valence-electron chi connectivity index (χ3n) is 5.64. The third kappa shape index (κ3) is 3.51. The number of hydrogen-bond donors (Lipinski definition) is 1. The zero-order valence-corrected chi connectivity index (χ0v) is 16.3. The number of likely N-dealkylation sites (tertiary alicyclic amines) is 1. The molecule has 1 N–H and O–H groups in total. The van der Waals surface area contributed by atoms with E-state index in [1.807, 2.05) is 22.3 Å². The van der Waals surface area contributed by atoms with Gasteiger partial charge in [-0.3, -0.25) is 4.79 Å². The van der Waals surface area contributed by atoms with Gasteiger partial charge in [-0.1, -0.05) is 18.2 Å². The van der Waals surface area contributed by atoms with Crippen LogP contribution in [0.1, 0.15) is 47.5 Å². The van der Waals surface area contributed by atoms with E-state index in [0.29, 0.717) is 0 Å². The Balaban J connectivity index is 1.52. The standard InChI is InChI=1S/C21H26N2O2S/c1-15-7-8-17(26-15)14-22-19-13-21(9-11-23(12-10-21)16(2)24)25-20-6-4-3-5-18(19)20/h3-8,19,22H,9-14H2,1-2H3/t19-/m0/s1. The van der Waals surface area contributed by atoms with Gasteiger partial charge in [0.2, 0.25) is 5.91 Å². The van der Waals surface area contributed by atoms with Gasteiger partial charge in [0.1, 0.15) is 11.4 Å². The van der Waals surface area contributed by atoms with Crippen LogP contribution in [0.2, 0.25) is 0 Å². The van der Waals surface area contributed by atoms with Gasteiger partial charge >= 0.3 is 0 Å². The Bertz CT molecular complexity index is 793. The van der Waals surface area contributed by atoms with Crippen molar-refractivity contribution in [1.82, 2.24) is 10.2 Å². The predicted octanol–water partition coefficient (Wildman–Crippen LogP) is 4.05. The maximum Gasteiger partial charge on any atom is 0.219 e. The number of amides is 1. The molecule has 0 aliphatic carbocycles. The molecular formula is C21H26N2O2S. The minimum Gasteiger partial charge on any atom is -0.487 e. The van der Waals surface area contributed by atoms with Crippen molar-refractivity contribution in [1.29, 1.82) is 0 Å². The molecule has 3 heterocycles. The summed E-state index contributed by atoms with van der Waals surface area (Å²) in [6, 6.07) is 13.1. The third-order valence-corrected chi connectivity index (χ3v) is 6.64. The Labute approximate surface area is 159 Å². The average Bonchev–Trinajstić information content (AvgIpc) is 3.05. The molecule has 0 saturated carbocycles. The largest absolute Gasteiger partial charge is 0.487 e. The van der Waals surface area contributed by atoms with Crippen LogP contribution in [0.4, 0.5) is 0 Å². The monoisotopic (exact) mass is 370 g/mol. The Hall–Kier alpha value is -1.85. The van der Waals surface area contributed by atoms with Gasteiger partial charge in [-0.15, -0.1) is 11.3 Å². The summed E-state index contributed by atoms with van der Waals surface area (Å²) >= 11 is 1.85. The van der Waals surface area contributed by atoms with E-state index in [1.54, 1.807) is 6.92 Å². The van der Waals surface area contributed by atoms with Gasteiger partial charge in [0.15, 0.2) is 0 Å². The van der Waals surface area contributed by atoms with Gasteiger partial charge in [-0.05, 0) is 25.1 Å². The molecule has 2 aliphatic rings. The number of nitrogens with zero attached hydrogens (tertiary/aromatic N) is 1. The molecule has 2 aliphatic heterocycles. The van der Waals surface area contributed by atoms with Gasteiger partial charge in [-0.25, -0.2) is 0 Å². The fourth-order valence-electron chi connectivity index (χ4n) is 4.14. The van der Waals surface area contributed by atoms with Crippen LogP contribution >= 0.6 is 11.3 Å². The van der Waals surface area contributed by atoms with Crippen LogP contribution in [0.25, 0.3) is 0 Å². The molecule has 26 heavy (non-hydrogen) atoms. The molecule has 138 valence electrons. The number of nitrogens with one attached hydrogen (secondary N) is 1. The maximum absolute atomic E-state index is 11.7. The van der Waals surface area contributed by atoms with Gasteiger partial charge in [0, 0.05) is 67.2 Å². The number of para-hydroxylation sites is 1. The first kappa shape index (κ1) is 17.6. The lowest BCUT2D eigenvalue weighted by atomic mass is 9.80. The van der Waals surface area contributed by atoms with Crippen molar-refractivity contribution in [2.24, 2.45) is 0 Å². The zero-order chi connectivity index (χ0) is 18.1. The van der Waals surface area contributed by atoms with Crippen LogP contribution < -0.4 is 10.1 Å². The summed E-state index contributed by atoms with van der Waals surface area (Å²) in [5.74, 6) is 1.16. The summed E-state index contributed by atoms with van der Waals surface area (Å²) in [5.41, 5.74) is 1.09. The minimum atomic E-state index is -0.163. The van der Waals surface area contributed by atoms with E-state index in [-0.39, 0.29) is 17.6 Å². The lowest BCUT2D eigenvalue weighted by Gasteiger charge is -2.47. The van der Waals surface area contributed by atoms with Crippen molar-refractivity contribution in [2.75, 3.05) is 13.1 Å². The average molecular weight is 371 g/mol. The highest BCUT2D eigenvalue weighted by molar-refractivity contribution is 7.11. The smallest absolute Gasteiger partial charge is 0.219 e. The van der Waals surface area contributed by atoms with E-state index in [1.165, 1.54) is 15.3 Å². The van der Waals surface area contributed by atoms with Crippen LogP contribution in [0.3, 0.4) is 0 Å². The molecule has 1 atom stereocenters. The molecule has 1 aromatic carbocycles. The number of rotatable bonds is 3. The summed E-state index contributed by atoms with van der Waals surface area (Å²) in [6.07, 6.45) is 2.76. The summed E-state index contributed by atoms with van der Waals surface area (Å²) in [4.78, 5) is 16.3. The second kappa shape index (κ2) is 7.05. The number of hydrogen-bond acceptors (Lipinski definition) is 4. The highest BCUT2D eigenvalue weighted by atomic mass is 32.1. The molecule has 5 heteroatoms. The van der Waals surface area contributed by atoms with E-state index >= 15 is 0 Å². The van der Waals surface area contributed by atoms with Crippen molar-refractivity contribution in [3.8, 4) is 5.75 Å². The van der Waals surface area contributed by atoms with Gasteiger partial charge in [-0.2, -0.15) is 0 Å². The molecule has 1 amide bonds. The van der Waals surface area contributed by atoms with Crippen LogP contribution in [0, 0.1) is 6.92 Å². The Morgan fingerprint density at radius 3 is 2.73 bits per heavy atom. The highest BCUT2D eigenvalue weighted by Gasteiger charge is 2.43. The van der Waals surface area contributed by atoms with Gasteiger partial charge in [0.05, 0.1) is 0 Å². The second-order valence-corrected chi connectivity index (χ2v) is 8.85. The molecule has 1 aromatic heterocycles. The number of thiophene rings is 1. The number of carbonyl (C=O) groups excluding carboxylic acids is 1. The highest BCUT2D eigenvalue weighted by Crippen LogP contribution is 2.44. The number of carbonyl (C=O) groups is 1. The fourth-order valence-corrected chi connectivity index (χ4v) is 4.98. The molecule has 0 bridgehead atoms. The first-order valence-electron chi connectivity index (χ1n) is 9.37. The van der Waals surface area contributed by atoms with Gasteiger partial charge < -0.3 is 15.0 Å². The summed E-state index contributed by atoms with van der Waals surface area (Å²) in [7, 11) is 0. The number of fused-ring (bicyclic) bond motifs is 1. The molecule has 1 saturated heterocycles. The zero-order valence-electron chi connectivity index (χ0n) is 15.5. The molecular weight excluding hydrogens is 344 g/mol. The van der Waals surface area contributed by atoms with Crippen molar-refractivity contribution >= 4 is 17.2 Å². The van der Waals surface area contributed by atoms with Crippen LogP contribution in [-0.2, 0) is 11.3 Å². The Morgan fingerprint density at radius 1 is 1.27 bits per heavy atom.